The molecule has 1 aliphatic heterocycles. The molecule has 0 saturated carbocycles. The van der Waals surface area contributed by atoms with E-state index in [1.807, 2.05) is 0 Å². The van der Waals surface area contributed by atoms with Gasteiger partial charge in [-0.1, -0.05) is 15.9 Å². The van der Waals surface area contributed by atoms with E-state index in [0.29, 0.717) is 18.1 Å². The number of nitro groups is 1. The first-order chi connectivity index (χ1) is 7.61. The van der Waals surface area contributed by atoms with E-state index in [1.165, 1.54) is 11.1 Å². The molecule has 86 valence electrons. The first-order valence-corrected chi connectivity index (χ1v) is 6.52. The van der Waals surface area contributed by atoms with Gasteiger partial charge in [-0.05, 0) is 17.3 Å². The molecule has 0 aromatic carbocycles. The Labute approximate surface area is 104 Å². The third kappa shape index (κ3) is 2.07. The lowest BCUT2D eigenvalue weighted by Crippen LogP contribution is -2.24. The van der Waals surface area contributed by atoms with Gasteiger partial charge in [0.25, 0.3) is 0 Å². The van der Waals surface area contributed by atoms with Crippen molar-refractivity contribution in [1.82, 2.24) is 4.98 Å². The van der Waals surface area contributed by atoms with Crippen LogP contribution in [0.2, 0.25) is 0 Å². The molecule has 1 unspecified atom stereocenters. The molecule has 1 fully saturated rings. The quantitative estimate of drug-likeness (QED) is 0.485. The van der Waals surface area contributed by atoms with E-state index >= 15 is 0 Å². The summed E-state index contributed by atoms with van der Waals surface area (Å²) >= 11 is 4.26. The molecule has 2 rings (SSSR count). The highest BCUT2D eigenvalue weighted by Crippen LogP contribution is 2.32. The zero-order valence-corrected chi connectivity index (χ0v) is 10.5. The largest absolute Gasteiger partial charge is 0.345 e. The van der Waals surface area contributed by atoms with Crippen LogP contribution in [0.15, 0.2) is 6.20 Å². The maximum Gasteiger partial charge on any atom is 0.345 e. The number of halogens is 1. The third-order valence-electron chi connectivity index (χ3n) is 2.32. The second-order valence-electron chi connectivity index (χ2n) is 3.47. The summed E-state index contributed by atoms with van der Waals surface area (Å²) in [7, 11) is 0. The van der Waals surface area contributed by atoms with Gasteiger partial charge in [0.2, 0.25) is 5.91 Å². The van der Waals surface area contributed by atoms with Gasteiger partial charge in [0, 0.05) is 18.3 Å². The van der Waals surface area contributed by atoms with E-state index in [9.17, 15) is 14.9 Å². The normalized spacial score (nSPS) is 20.4. The van der Waals surface area contributed by atoms with Crippen LogP contribution in [0.4, 0.5) is 10.1 Å². The minimum atomic E-state index is -0.496. The SMILES string of the molecule is O=C1CC(CBr)CN1c1ncc([N+](=O)[O-])s1. The molecule has 0 N–H and O–H groups in total. The Hall–Kier alpha value is -1.02. The van der Waals surface area contributed by atoms with E-state index in [4.69, 9.17) is 0 Å². The van der Waals surface area contributed by atoms with Crippen molar-refractivity contribution in [3.8, 4) is 0 Å². The molecule has 0 radical (unpaired) electrons. The van der Waals surface area contributed by atoms with Gasteiger partial charge in [-0.2, -0.15) is 0 Å². The van der Waals surface area contributed by atoms with E-state index in [1.54, 1.807) is 0 Å². The average Bonchev–Trinajstić information content (AvgIpc) is 2.83. The summed E-state index contributed by atoms with van der Waals surface area (Å²) in [4.78, 5) is 27.0. The highest BCUT2D eigenvalue weighted by atomic mass is 79.9. The first kappa shape index (κ1) is 11.5. The first-order valence-electron chi connectivity index (χ1n) is 4.58. The molecule has 2 heterocycles. The van der Waals surface area contributed by atoms with Gasteiger partial charge in [-0.25, -0.2) is 4.98 Å². The van der Waals surface area contributed by atoms with Crippen molar-refractivity contribution in [3.05, 3.63) is 16.3 Å². The summed E-state index contributed by atoms with van der Waals surface area (Å²) in [5, 5.41) is 11.6. The number of hydrogen-bond acceptors (Lipinski definition) is 5. The Morgan fingerprint density at radius 2 is 2.50 bits per heavy atom. The van der Waals surface area contributed by atoms with Gasteiger partial charge >= 0.3 is 5.00 Å². The van der Waals surface area contributed by atoms with Crippen molar-refractivity contribution in [1.29, 1.82) is 0 Å². The number of carbonyl (C=O) groups is 1. The maximum absolute atomic E-state index is 11.6. The van der Waals surface area contributed by atoms with Gasteiger partial charge in [0.15, 0.2) is 5.13 Å². The minimum Gasteiger partial charge on any atom is -0.288 e. The molecule has 1 aliphatic rings. The van der Waals surface area contributed by atoms with E-state index in [0.717, 1.165) is 16.7 Å². The summed E-state index contributed by atoms with van der Waals surface area (Å²) in [6.07, 6.45) is 1.66. The van der Waals surface area contributed by atoms with Crippen LogP contribution >= 0.6 is 27.3 Å². The fourth-order valence-electron chi connectivity index (χ4n) is 1.54. The second kappa shape index (κ2) is 4.46. The predicted molar refractivity (Wildman–Crippen MR) is 63.0 cm³/mol. The molecule has 8 heteroatoms. The fraction of sp³-hybridized carbons (Fsp3) is 0.500. The number of carbonyl (C=O) groups excluding carboxylic acids is 1. The summed E-state index contributed by atoms with van der Waals surface area (Å²) in [6, 6.07) is 0. The molecule has 1 aromatic rings. The van der Waals surface area contributed by atoms with E-state index in [2.05, 4.69) is 20.9 Å². The predicted octanol–water partition coefficient (Wildman–Crippen LogP) is 1.80. The summed E-state index contributed by atoms with van der Waals surface area (Å²) in [5.74, 6) is 0.240. The molecule has 6 nitrogen and oxygen atoms in total. The molecule has 1 aromatic heterocycles. The number of anilines is 1. The summed E-state index contributed by atoms with van der Waals surface area (Å²) in [6.45, 7) is 0.578. The molecule has 1 saturated heterocycles. The van der Waals surface area contributed by atoms with Crippen molar-refractivity contribution >= 4 is 43.3 Å². The number of thiazole rings is 1. The van der Waals surface area contributed by atoms with Gasteiger partial charge in [0.05, 0.1) is 4.92 Å². The average molecular weight is 306 g/mol. The molecule has 1 atom stereocenters. The van der Waals surface area contributed by atoms with Crippen molar-refractivity contribution < 1.29 is 9.72 Å². The second-order valence-corrected chi connectivity index (χ2v) is 5.10. The molecule has 16 heavy (non-hydrogen) atoms. The van der Waals surface area contributed by atoms with Crippen LogP contribution < -0.4 is 4.90 Å². The lowest BCUT2D eigenvalue weighted by atomic mass is 10.2. The molecular formula is C8H8BrN3O3S. The van der Waals surface area contributed by atoms with Crippen LogP contribution in [0.5, 0.6) is 0 Å². The van der Waals surface area contributed by atoms with E-state index < -0.39 is 4.92 Å². The number of alkyl halides is 1. The number of hydrogen-bond donors (Lipinski definition) is 0. The Morgan fingerprint density at radius 3 is 3.00 bits per heavy atom. The Kier molecular flexibility index (Phi) is 3.20. The monoisotopic (exact) mass is 305 g/mol. The molecule has 0 spiro atoms. The Bertz CT molecular complexity index is 436. The number of nitrogens with zero attached hydrogens (tertiary/aromatic N) is 3. The zero-order chi connectivity index (χ0) is 11.7. The lowest BCUT2D eigenvalue weighted by Gasteiger charge is -2.11. The van der Waals surface area contributed by atoms with Crippen molar-refractivity contribution in [3.63, 3.8) is 0 Å². The molecule has 1 amide bonds. The fourth-order valence-corrected chi connectivity index (χ4v) is 2.73. The summed E-state index contributed by atoms with van der Waals surface area (Å²) < 4.78 is 0. The smallest absolute Gasteiger partial charge is 0.288 e. The van der Waals surface area contributed by atoms with Crippen molar-refractivity contribution in [2.75, 3.05) is 16.8 Å². The third-order valence-corrected chi connectivity index (χ3v) is 4.20. The van der Waals surface area contributed by atoms with E-state index in [-0.39, 0.29) is 16.8 Å². The maximum atomic E-state index is 11.6. The summed E-state index contributed by atoms with van der Waals surface area (Å²) in [5.41, 5.74) is 0. The highest BCUT2D eigenvalue weighted by molar-refractivity contribution is 9.09. The van der Waals surface area contributed by atoms with Gasteiger partial charge in [-0.15, -0.1) is 0 Å². The van der Waals surface area contributed by atoms with Crippen LogP contribution in [-0.2, 0) is 4.79 Å². The standard InChI is InChI=1S/C8H8BrN3O3S/c9-2-5-1-6(13)11(4-5)8-10-3-7(16-8)12(14)15/h3,5H,1-2,4H2. The number of amides is 1. The van der Waals surface area contributed by atoms with Crippen LogP contribution in [0, 0.1) is 16.0 Å². The molecule has 0 bridgehead atoms. The topological polar surface area (TPSA) is 76.3 Å². The van der Waals surface area contributed by atoms with Gasteiger partial charge in [-0.3, -0.25) is 19.8 Å². The Morgan fingerprint density at radius 1 is 1.75 bits per heavy atom. The number of aromatic nitrogens is 1. The number of rotatable bonds is 3. The van der Waals surface area contributed by atoms with Crippen LogP contribution in [0.25, 0.3) is 0 Å². The lowest BCUT2D eigenvalue weighted by molar-refractivity contribution is -0.380. The van der Waals surface area contributed by atoms with Crippen LogP contribution in [0.1, 0.15) is 6.42 Å². The minimum absolute atomic E-state index is 0.0197. The van der Waals surface area contributed by atoms with Crippen LogP contribution in [-0.4, -0.2) is 27.7 Å². The molecule has 0 aliphatic carbocycles. The highest BCUT2D eigenvalue weighted by Gasteiger charge is 2.32. The van der Waals surface area contributed by atoms with Gasteiger partial charge in [0.1, 0.15) is 6.20 Å². The Balaban J connectivity index is 2.18. The van der Waals surface area contributed by atoms with Gasteiger partial charge < -0.3 is 0 Å². The van der Waals surface area contributed by atoms with Crippen LogP contribution in [0.3, 0.4) is 0 Å². The van der Waals surface area contributed by atoms with Crippen molar-refractivity contribution in [2.45, 2.75) is 6.42 Å². The zero-order valence-electron chi connectivity index (χ0n) is 8.13. The molecular weight excluding hydrogens is 298 g/mol. The van der Waals surface area contributed by atoms with Crippen molar-refractivity contribution in [2.24, 2.45) is 5.92 Å².